The van der Waals surface area contributed by atoms with E-state index in [-0.39, 0.29) is 10.8 Å². The van der Waals surface area contributed by atoms with Crippen LogP contribution in [0.1, 0.15) is 63.8 Å². The smallest absolute Gasteiger partial charge is 0.128 e. The lowest BCUT2D eigenvalue weighted by molar-refractivity contribution is 0.483. The van der Waals surface area contributed by atoms with Gasteiger partial charge in [0.1, 0.15) is 23.0 Å². The van der Waals surface area contributed by atoms with Gasteiger partial charge < -0.3 is 19.3 Å². The quantitative estimate of drug-likeness (QED) is 0.101. The first-order chi connectivity index (χ1) is 30.8. The van der Waals surface area contributed by atoms with E-state index in [1.165, 1.54) is 22.3 Å². The second-order valence-electron chi connectivity index (χ2n) is 18.9. The lowest BCUT2D eigenvalue weighted by atomic mass is 9.87. The van der Waals surface area contributed by atoms with Gasteiger partial charge in [0.15, 0.2) is 0 Å². The maximum atomic E-state index is 6.67. The van der Waals surface area contributed by atoms with E-state index in [4.69, 9.17) is 9.47 Å². The molecule has 4 nitrogen and oxygen atoms in total. The fourth-order valence-corrected chi connectivity index (χ4v) is 8.42. The maximum absolute atomic E-state index is 6.67. The molecule has 0 spiro atoms. The van der Waals surface area contributed by atoms with Gasteiger partial charge in [0.05, 0.1) is 11.4 Å². The van der Waals surface area contributed by atoms with Gasteiger partial charge in [0.25, 0.3) is 0 Å². The van der Waals surface area contributed by atoms with Crippen LogP contribution in [0.5, 0.6) is 23.0 Å². The van der Waals surface area contributed by atoms with E-state index in [0.29, 0.717) is 0 Å². The molecule has 0 saturated heterocycles. The van der Waals surface area contributed by atoms with Gasteiger partial charge >= 0.3 is 0 Å². The highest BCUT2D eigenvalue weighted by Crippen LogP contribution is 2.53. The first kappa shape index (κ1) is 42.0. The zero-order chi connectivity index (χ0) is 44.6. The monoisotopic (exact) mass is 836 g/mol. The van der Waals surface area contributed by atoms with E-state index < -0.39 is 0 Å². The Morgan fingerprint density at radius 1 is 0.312 bits per heavy atom. The molecule has 318 valence electrons. The Hall–Kier alpha value is -7.30. The lowest BCUT2D eigenvalue weighted by Gasteiger charge is -2.33. The molecule has 9 rings (SSSR count). The summed E-state index contributed by atoms with van der Waals surface area (Å²) in [7, 11) is 0. The van der Waals surface area contributed by atoms with Crippen molar-refractivity contribution in [3.8, 4) is 23.0 Å². The molecule has 0 aliphatic rings. The topological polar surface area (TPSA) is 24.9 Å². The van der Waals surface area contributed by atoms with Crippen LogP contribution in [0.2, 0.25) is 0 Å². The molecule has 0 bridgehead atoms. The van der Waals surface area contributed by atoms with Crippen molar-refractivity contribution in [3.05, 3.63) is 216 Å². The number of aryl methyl sites for hydroxylation is 2. The Morgan fingerprint density at radius 3 is 0.938 bits per heavy atom. The van der Waals surface area contributed by atoms with Crippen LogP contribution >= 0.6 is 0 Å². The van der Waals surface area contributed by atoms with Crippen LogP contribution < -0.4 is 19.3 Å². The summed E-state index contributed by atoms with van der Waals surface area (Å²) in [5.41, 5.74) is 11.2. The predicted molar refractivity (Wildman–Crippen MR) is 271 cm³/mol. The molecule has 0 atom stereocenters. The van der Waals surface area contributed by atoms with Gasteiger partial charge in [-0.25, -0.2) is 0 Å². The average molecular weight is 837 g/mol. The molecule has 0 aromatic heterocycles. The van der Waals surface area contributed by atoms with Crippen LogP contribution in [-0.2, 0) is 10.8 Å². The minimum Gasteiger partial charge on any atom is -0.457 e. The number of para-hydroxylation sites is 2. The molecule has 64 heavy (non-hydrogen) atoms. The molecular formula is C60H56N2O2. The van der Waals surface area contributed by atoms with Crippen molar-refractivity contribution in [3.63, 3.8) is 0 Å². The SMILES string of the molecule is Cc1ccc(N(c2ccc(C(C)(C)C)cc2)c2c3ccc(Oc4ccccc4)cc3c(N(c3ccc(C)cc3)c3ccc(C(C)(C)C)cc3)c3ccc(Oc4ccccc4)cc23)cc1. The molecule has 0 heterocycles. The van der Waals surface area contributed by atoms with Crippen molar-refractivity contribution < 1.29 is 9.47 Å². The molecule has 0 aliphatic carbocycles. The summed E-state index contributed by atoms with van der Waals surface area (Å²) in [4.78, 5) is 4.83. The van der Waals surface area contributed by atoms with E-state index in [9.17, 15) is 0 Å². The summed E-state index contributed by atoms with van der Waals surface area (Å²) >= 11 is 0. The van der Waals surface area contributed by atoms with E-state index in [1.807, 2.05) is 60.7 Å². The van der Waals surface area contributed by atoms with Crippen LogP contribution in [0.15, 0.2) is 194 Å². The third-order valence-electron chi connectivity index (χ3n) is 12.0. The molecular weight excluding hydrogens is 781 g/mol. The van der Waals surface area contributed by atoms with Crippen LogP contribution in [0, 0.1) is 13.8 Å². The van der Waals surface area contributed by atoms with E-state index in [2.05, 4.69) is 199 Å². The van der Waals surface area contributed by atoms with Crippen LogP contribution in [0.4, 0.5) is 34.1 Å². The number of rotatable bonds is 10. The van der Waals surface area contributed by atoms with Crippen molar-refractivity contribution in [2.75, 3.05) is 9.80 Å². The molecule has 0 N–H and O–H groups in total. The van der Waals surface area contributed by atoms with Gasteiger partial charge in [-0.1, -0.05) is 138 Å². The number of ether oxygens (including phenoxy) is 2. The Kier molecular flexibility index (Phi) is 11.2. The number of nitrogens with zero attached hydrogens (tertiary/aromatic N) is 2. The second kappa shape index (κ2) is 17.1. The Bertz CT molecular complexity index is 2820. The first-order valence-electron chi connectivity index (χ1n) is 22.2. The van der Waals surface area contributed by atoms with Gasteiger partial charge in [-0.15, -0.1) is 0 Å². The van der Waals surface area contributed by atoms with Crippen molar-refractivity contribution >= 4 is 55.7 Å². The number of anilines is 6. The minimum absolute atomic E-state index is 0.00237. The standard InChI is InChI=1S/C60H56N2O2/c1-41-19-27-45(28-20-41)61(47-31-23-43(24-32-47)59(3,4)5)57-53-37-35-52(64-50-17-13-10-14-18-50)40-56(53)58(54-38-36-51(39-55(54)57)63-49-15-11-9-12-16-49)62(46-29-21-42(2)22-30-46)48-33-25-44(26-34-48)60(6,7)8/h9-40H,1-8H3. The van der Waals surface area contributed by atoms with E-state index in [0.717, 1.165) is 78.7 Å². The van der Waals surface area contributed by atoms with Crippen LogP contribution in [-0.4, -0.2) is 0 Å². The second-order valence-corrected chi connectivity index (χ2v) is 18.9. The molecule has 0 saturated carbocycles. The molecule has 0 aliphatic heterocycles. The zero-order valence-corrected chi connectivity index (χ0v) is 38.2. The van der Waals surface area contributed by atoms with E-state index in [1.54, 1.807) is 0 Å². The van der Waals surface area contributed by atoms with Gasteiger partial charge in [-0.3, -0.25) is 0 Å². The highest BCUT2D eigenvalue weighted by molar-refractivity contribution is 6.23. The van der Waals surface area contributed by atoms with Crippen LogP contribution in [0.25, 0.3) is 21.5 Å². The van der Waals surface area contributed by atoms with Crippen molar-refractivity contribution in [1.82, 2.24) is 0 Å². The normalized spacial score (nSPS) is 11.8. The highest BCUT2D eigenvalue weighted by Gasteiger charge is 2.27. The summed E-state index contributed by atoms with van der Waals surface area (Å²) in [6, 6.07) is 69.0. The highest BCUT2D eigenvalue weighted by atomic mass is 16.5. The largest absolute Gasteiger partial charge is 0.457 e. The fraction of sp³-hybridized carbons (Fsp3) is 0.167. The average Bonchev–Trinajstić information content (AvgIpc) is 3.29. The molecule has 9 aromatic carbocycles. The van der Waals surface area contributed by atoms with Crippen molar-refractivity contribution in [2.45, 2.75) is 66.2 Å². The van der Waals surface area contributed by atoms with Gasteiger partial charge in [0.2, 0.25) is 0 Å². The fourth-order valence-electron chi connectivity index (χ4n) is 8.42. The van der Waals surface area contributed by atoms with E-state index >= 15 is 0 Å². The Balaban J connectivity index is 1.42. The van der Waals surface area contributed by atoms with Gasteiger partial charge in [-0.2, -0.15) is 0 Å². The Labute approximate surface area is 379 Å². The summed E-state index contributed by atoms with van der Waals surface area (Å²) < 4.78 is 13.3. The summed E-state index contributed by atoms with van der Waals surface area (Å²) in [6.07, 6.45) is 0. The molecule has 0 amide bonds. The maximum Gasteiger partial charge on any atom is 0.128 e. The molecule has 9 aromatic rings. The molecule has 0 radical (unpaired) electrons. The minimum atomic E-state index is -0.00237. The third-order valence-corrected chi connectivity index (χ3v) is 12.0. The molecule has 0 fully saturated rings. The predicted octanol–water partition coefficient (Wildman–Crippen LogP) is 17.7. The number of benzene rings is 9. The summed E-state index contributed by atoms with van der Waals surface area (Å²) in [5.74, 6) is 3.05. The molecule has 4 heteroatoms. The van der Waals surface area contributed by atoms with Crippen molar-refractivity contribution in [1.29, 1.82) is 0 Å². The first-order valence-corrected chi connectivity index (χ1v) is 22.2. The molecule has 0 unspecified atom stereocenters. The summed E-state index contributed by atoms with van der Waals surface area (Å²) in [6.45, 7) is 17.9. The number of hydrogen-bond acceptors (Lipinski definition) is 4. The lowest BCUT2D eigenvalue weighted by Crippen LogP contribution is -2.16. The number of fused-ring (bicyclic) bond motifs is 2. The number of hydrogen-bond donors (Lipinski definition) is 0. The van der Waals surface area contributed by atoms with Crippen LogP contribution in [0.3, 0.4) is 0 Å². The van der Waals surface area contributed by atoms with Crippen molar-refractivity contribution in [2.24, 2.45) is 0 Å². The zero-order valence-electron chi connectivity index (χ0n) is 38.2. The summed E-state index contributed by atoms with van der Waals surface area (Å²) in [5, 5.41) is 4.19. The Morgan fingerprint density at radius 2 is 0.625 bits per heavy atom. The third kappa shape index (κ3) is 8.69. The van der Waals surface area contributed by atoms with Gasteiger partial charge in [0, 0.05) is 44.3 Å². The van der Waals surface area contributed by atoms with Gasteiger partial charge in [-0.05, 0) is 145 Å².